The number of likely N-dealkylation sites (tertiary alicyclic amines) is 1. The van der Waals surface area contributed by atoms with E-state index < -0.39 is 0 Å². The van der Waals surface area contributed by atoms with Crippen LogP contribution in [0.5, 0.6) is 11.6 Å². The number of ether oxygens (including phenoxy) is 2. The maximum absolute atomic E-state index is 13.2. The number of nitrogens with zero attached hydrogens (tertiary/aromatic N) is 4. The summed E-state index contributed by atoms with van der Waals surface area (Å²) in [5.41, 5.74) is 3.00. The van der Waals surface area contributed by atoms with E-state index in [2.05, 4.69) is 10.1 Å². The highest BCUT2D eigenvalue weighted by Crippen LogP contribution is 2.29. The molecule has 5 rings (SSSR count). The van der Waals surface area contributed by atoms with E-state index in [1.165, 1.54) is 0 Å². The number of benzene rings is 2. The molecule has 1 aliphatic heterocycles. The third-order valence-electron chi connectivity index (χ3n) is 5.77. The monoisotopic (exact) mass is 428 g/mol. The molecule has 32 heavy (non-hydrogen) atoms. The Kier molecular flexibility index (Phi) is 5.23. The molecule has 1 amide bonds. The van der Waals surface area contributed by atoms with Gasteiger partial charge in [0.25, 0.3) is 5.91 Å². The number of aromatic nitrogens is 3. The van der Waals surface area contributed by atoms with Crippen molar-refractivity contribution in [1.82, 2.24) is 19.7 Å². The van der Waals surface area contributed by atoms with Gasteiger partial charge in [0.1, 0.15) is 17.5 Å². The summed E-state index contributed by atoms with van der Waals surface area (Å²) in [6.45, 7) is 1.15. The first-order valence-corrected chi connectivity index (χ1v) is 10.6. The molecule has 3 heterocycles. The van der Waals surface area contributed by atoms with Crippen molar-refractivity contribution in [2.75, 3.05) is 20.2 Å². The van der Waals surface area contributed by atoms with Gasteiger partial charge < -0.3 is 14.4 Å². The van der Waals surface area contributed by atoms with Crippen LogP contribution in [0.15, 0.2) is 66.7 Å². The Morgan fingerprint density at radius 2 is 1.88 bits per heavy atom. The van der Waals surface area contributed by atoms with Crippen LogP contribution in [-0.4, -0.2) is 51.9 Å². The van der Waals surface area contributed by atoms with Crippen molar-refractivity contribution < 1.29 is 14.3 Å². The van der Waals surface area contributed by atoms with Crippen LogP contribution in [0.25, 0.3) is 22.2 Å². The number of methoxy groups -OCH3 is 1. The lowest BCUT2D eigenvalue weighted by Crippen LogP contribution is -2.32. The molecular formula is C25H24N4O3. The Labute approximate surface area is 186 Å². The van der Waals surface area contributed by atoms with Crippen LogP contribution >= 0.6 is 0 Å². The zero-order valence-electron chi connectivity index (χ0n) is 18.1. The van der Waals surface area contributed by atoms with Gasteiger partial charge in [0.2, 0.25) is 5.88 Å². The predicted molar refractivity (Wildman–Crippen MR) is 122 cm³/mol. The SMILES string of the molecule is COc1ccccc1-c1cc(C(=O)N2CCC(Oc3ccc4ccccc4n3)C2)n(C)n1. The fourth-order valence-corrected chi connectivity index (χ4v) is 4.11. The van der Waals surface area contributed by atoms with Crippen LogP contribution in [0.2, 0.25) is 0 Å². The van der Waals surface area contributed by atoms with Crippen LogP contribution < -0.4 is 9.47 Å². The minimum absolute atomic E-state index is 0.0567. The summed E-state index contributed by atoms with van der Waals surface area (Å²) in [5, 5.41) is 5.62. The van der Waals surface area contributed by atoms with Gasteiger partial charge in [-0.05, 0) is 30.3 Å². The van der Waals surface area contributed by atoms with Gasteiger partial charge in [0, 0.05) is 37.0 Å². The van der Waals surface area contributed by atoms with Crippen LogP contribution in [0.3, 0.4) is 0 Å². The summed E-state index contributed by atoms with van der Waals surface area (Å²) in [6, 6.07) is 21.3. The minimum Gasteiger partial charge on any atom is -0.496 e. The van der Waals surface area contributed by atoms with Crippen LogP contribution in [-0.2, 0) is 7.05 Å². The van der Waals surface area contributed by atoms with E-state index in [9.17, 15) is 4.79 Å². The molecule has 0 bridgehead atoms. The van der Waals surface area contributed by atoms with E-state index in [1.807, 2.05) is 71.6 Å². The molecule has 1 atom stereocenters. The number of amides is 1. The van der Waals surface area contributed by atoms with Crippen LogP contribution in [0.4, 0.5) is 0 Å². The molecule has 1 aliphatic rings. The molecule has 2 aromatic heterocycles. The van der Waals surface area contributed by atoms with Crippen molar-refractivity contribution >= 4 is 16.8 Å². The smallest absolute Gasteiger partial charge is 0.272 e. The molecule has 1 fully saturated rings. The lowest BCUT2D eigenvalue weighted by molar-refractivity contribution is 0.0760. The molecular weight excluding hydrogens is 404 g/mol. The van der Waals surface area contributed by atoms with Gasteiger partial charge in [-0.3, -0.25) is 9.48 Å². The number of carbonyl (C=O) groups excluding carboxylic acids is 1. The van der Waals surface area contributed by atoms with Gasteiger partial charge in [-0.25, -0.2) is 4.98 Å². The van der Waals surface area contributed by atoms with Gasteiger partial charge in [-0.2, -0.15) is 5.10 Å². The fraction of sp³-hybridized carbons (Fsp3) is 0.240. The van der Waals surface area contributed by atoms with Crippen LogP contribution in [0, 0.1) is 0 Å². The van der Waals surface area contributed by atoms with Crippen LogP contribution in [0.1, 0.15) is 16.9 Å². The summed E-state index contributed by atoms with van der Waals surface area (Å²) in [5.74, 6) is 1.25. The first-order valence-electron chi connectivity index (χ1n) is 10.6. The van der Waals surface area contributed by atoms with Crippen molar-refractivity contribution in [1.29, 1.82) is 0 Å². The number of rotatable bonds is 5. The number of pyridine rings is 1. The average Bonchev–Trinajstić information content (AvgIpc) is 3.45. The summed E-state index contributed by atoms with van der Waals surface area (Å²) in [6.07, 6.45) is 0.673. The number of hydrogen-bond donors (Lipinski definition) is 0. The normalized spacial score (nSPS) is 15.8. The maximum atomic E-state index is 13.2. The second kappa shape index (κ2) is 8.34. The highest BCUT2D eigenvalue weighted by molar-refractivity contribution is 5.94. The summed E-state index contributed by atoms with van der Waals surface area (Å²) < 4.78 is 13.2. The highest BCUT2D eigenvalue weighted by Gasteiger charge is 2.30. The molecule has 1 saturated heterocycles. The fourth-order valence-electron chi connectivity index (χ4n) is 4.11. The molecule has 162 valence electrons. The quantitative estimate of drug-likeness (QED) is 0.482. The molecule has 7 nitrogen and oxygen atoms in total. The summed E-state index contributed by atoms with van der Waals surface area (Å²) in [7, 11) is 3.41. The van der Waals surface area contributed by atoms with Gasteiger partial charge >= 0.3 is 0 Å². The van der Waals surface area contributed by atoms with Crippen molar-refractivity contribution in [3.05, 3.63) is 72.4 Å². The largest absolute Gasteiger partial charge is 0.496 e. The topological polar surface area (TPSA) is 69.5 Å². The maximum Gasteiger partial charge on any atom is 0.272 e. The number of carbonyl (C=O) groups is 1. The molecule has 0 radical (unpaired) electrons. The summed E-state index contributed by atoms with van der Waals surface area (Å²) in [4.78, 5) is 19.6. The molecule has 7 heteroatoms. The molecule has 4 aromatic rings. The number of para-hydroxylation sites is 2. The Balaban J connectivity index is 1.30. The molecule has 1 unspecified atom stereocenters. The van der Waals surface area contributed by atoms with Gasteiger partial charge in [-0.15, -0.1) is 0 Å². The molecule has 0 aliphatic carbocycles. The molecule has 0 saturated carbocycles. The van der Waals surface area contributed by atoms with E-state index in [1.54, 1.807) is 18.8 Å². The van der Waals surface area contributed by atoms with E-state index in [0.29, 0.717) is 30.4 Å². The Morgan fingerprint density at radius 1 is 1.06 bits per heavy atom. The highest BCUT2D eigenvalue weighted by atomic mass is 16.5. The van der Waals surface area contributed by atoms with Gasteiger partial charge in [0.05, 0.1) is 24.9 Å². The summed E-state index contributed by atoms with van der Waals surface area (Å²) >= 11 is 0. The lowest BCUT2D eigenvalue weighted by atomic mass is 10.1. The average molecular weight is 428 g/mol. The van der Waals surface area contributed by atoms with E-state index >= 15 is 0 Å². The van der Waals surface area contributed by atoms with Crippen molar-refractivity contribution in [3.63, 3.8) is 0 Å². The predicted octanol–water partition coefficient (Wildman–Crippen LogP) is 3.94. The second-order valence-electron chi connectivity index (χ2n) is 7.86. The van der Waals surface area contributed by atoms with Crippen molar-refractivity contribution in [3.8, 4) is 22.9 Å². The Morgan fingerprint density at radius 3 is 2.75 bits per heavy atom. The number of hydrogen-bond acceptors (Lipinski definition) is 5. The second-order valence-corrected chi connectivity index (χ2v) is 7.86. The first kappa shape index (κ1) is 20.1. The van der Waals surface area contributed by atoms with E-state index in [4.69, 9.17) is 9.47 Å². The van der Waals surface area contributed by atoms with Gasteiger partial charge in [0.15, 0.2) is 0 Å². The third-order valence-corrected chi connectivity index (χ3v) is 5.77. The standard InChI is InChI=1S/C25H24N4O3/c1-28-22(15-21(27-28)19-8-4-6-10-23(19)31-2)25(30)29-14-13-18(16-29)32-24-12-11-17-7-3-5-9-20(17)26-24/h3-12,15,18H,13-14,16H2,1-2H3. The molecule has 2 aromatic carbocycles. The number of fused-ring (bicyclic) bond motifs is 1. The minimum atomic E-state index is -0.0884. The zero-order valence-corrected chi connectivity index (χ0v) is 18.1. The number of aryl methyl sites for hydroxylation is 1. The lowest BCUT2D eigenvalue weighted by Gasteiger charge is -2.17. The van der Waals surface area contributed by atoms with Crippen molar-refractivity contribution in [2.45, 2.75) is 12.5 Å². The molecule has 0 N–H and O–H groups in total. The van der Waals surface area contributed by atoms with E-state index in [-0.39, 0.29) is 12.0 Å². The third kappa shape index (κ3) is 3.77. The Bertz CT molecular complexity index is 1280. The molecule has 0 spiro atoms. The van der Waals surface area contributed by atoms with Crippen molar-refractivity contribution in [2.24, 2.45) is 7.05 Å². The zero-order chi connectivity index (χ0) is 22.1. The van der Waals surface area contributed by atoms with E-state index in [0.717, 1.165) is 28.6 Å². The first-order chi connectivity index (χ1) is 15.6. The Hall–Kier alpha value is -3.87. The van der Waals surface area contributed by atoms with Gasteiger partial charge in [-0.1, -0.05) is 30.3 Å².